The van der Waals surface area contributed by atoms with Gasteiger partial charge in [0.2, 0.25) is 5.91 Å². The van der Waals surface area contributed by atoms with E-state index >= 15 is 0 Å². The van der Waals surface area contributed by atoms with Gasteiger partial charge in [-0.05, 0) is 37.5 Å². The molecule has 0 bridgehead atoms. The average molecular weight is 300 g/mol. The zero-order valence-electron chi connectivity index (χ0n) is 10.6. The summed E-state index contributed by atoms with van der Waals surface area (Å²) >= 11 is 12.0. The van der Waals surface area contributed by atoms with Crippen molar-refractivity contribution >= 4 is 40.6 Å². The fraction of sp³-hybridized carbons (Fsp3) is 0.429. The lowest BCUT2D eigenvalue weighted by molar-refractivity contribution is -0.132. The molecule has 1 fully saturated rings. The molecule has 0 spiro atoms. The lowest BCUT2D eigenvalue weighted by Crippen LogP contribution is -2.32. The Balaban J connectivity index is 2.14. The van der Waals surface area contributed by atoms with E-state index in [0.29, 0.717) is 28.6 Å². The number of aryl methyl sites for hydroxylation is 1. The number of amides is 1. The van der Waals surface area contributed by atoms with E-state index in [0.717, 1.165) is 18.4 Å². The summed E-state index contributed by atoms with van der Waals surface area (Å²) in [5.41, 5.74) is 1.34. The number of benzene rings is 1. The van der Waals surface area contributed by atoms with Crippen molar-refractivity contribution in [2.45, 2.75) is 32.6 Å². The fourth-order valence-electron chi connectivity index (χ4n) is 2.23. The first kappa shape index (κ1) is 14.4. The van der Waals surface area contributed by atoms with Crippen LogP contribution in [0.3, 0.4) is 0 Å². The van der Waals surface area contributed by atoms with Crippen LogP contribution in [0.1, 0.15) is 31.2 Å². The molecule has 1 aromatic rings. The largest absolute Gasteiger partial charge is 0.324 e. The molecular weight excluding hydrogens is 285 g/mol. The normalized spacial score (nSPS) is 19.3. The highest BCUT2D eigenvalue weighted by molar-refractivity contribution is 6.37. The average Bonchev–Trinajstić information content (AvgIpc) is 2.36. The van der Waals surface area contributed by atoms with Crippen molar-refractivity contribution in [1.82, 2.24) is 0 Å². The molecule has 0 aromatic heterocycles. The van der Waals surface area contributed by atoms with Crippen LogP contribution in [0.25, 0.3) is 0 Å². The Morgan fingerprint density at radius 3 is 2.68 bits per heavy atom. The van der Waals surface area contributed by atoms with Crippen molar-refractivity contribution in [1.29, 1.82) is 0 Å². The molecule has 1 amide bonds. The summed E-state index contributed by atoms with van der Waals surface area (Å²) in [6.07, 6.45) is 2.90. The highest BCUT2D eigenvalue weighted by Gasteiger charge is 2.29. The van der Waals surface area contributed by atoms with E-state index in [-0.39, 0.29) is 11.7 Å². The van der Waals surface area contributed by atoms with E-state index < -0.39 is 5.92 Å². The highest BCUT2D eigenvalue weighted by atomic mass is 35.5. The van der Waals surface area contributed by atoms with Crippen LogP contribution in [0.2, 0.25) is 10.0 Å². The maximum atomic E-state index is 12.1. The Hall–Kier alpha value is -1.06. The van der Waals surface area contributed by atoms with E-state index in [1.807, 2.05) is 6.92 Å². The molecule has 102 valence electrons. The molecule has 1 saturated carbocycles. The molecule has 3 nitrogen and oxygen atoms in total. The summed E-state index contributed by atoms with van der Waals surface area (Å²) in [4.78, 5) is 23.8. The molecule has 1 aliphatic rings. The number of halogens is 2. The molecular formula is C14H15Cl2NO2. The third-order valence-corrected chi connectivity index (χ3v) is 4.10. The first-order valence-electron chi connectivity index (χ1n) is 6.28. The van der Waals surface area contributed by atoms with Crippen LogP contribution in [-0.4, -0.2) is 11.7 Å². The van der Waals surface area contributed by atoms with Crippen LogP contribution >= 0.6 is 23.2 Å². The number of Topliss-reactive ketones (excluding diaryl/α,β-unsaturated/α-hetero) is 1. The smallest absolute Gasteiger partial charge is 0.234 e. The number of ketones is 1. The topological polar surface area (TPSA) is 46.2 Å². The van der Waals surface area contributed by atoms with Crippen LogP contribution in [0.15, 0.2) is 12.1 Å². The Labute approximate surface area is 122 Å². The SMILES string of the molecule is Cc1cc(NC(=O)C2CCCCC2=O)c(Cl)cc1Cl. The Morgan fingerprint density at radius 2 is 2.00 bits per heavy atom. The Bertz CT molecular complexity index is 528. The maximum Gasteiger partial charge on any atom is 0.234 e. The lowest BCUT2D eigenvalue weighted by atomic mass is 9.87. The summed E-state index contributed by atoms with van der Waals surface area (Å²) in [6, 6.07) is 3.31. The van der Waals surface area contributed by atoms with Crippen LogP contribution < -0.4 is 5.32 Å². The van der Waals surface area contributed by atoms with Crippen molar-refractivity contribution in [3.05, 3.63) is 27.7 Å². The minimum Gasteiger partial charge on any atom is -0.324 e. The molecule has 19 heavy (non-hydrogen) atoms. The quantitative estimate of drug-likeness (QED) is 0.839. The van der Waals surface area contributed by atoms with Gasteiger partial charge < -0.3 is 5.32 Å². The van der Waals surface area contributed by atoms with E-state index in [9.17, 15) is 9.59 Å². The molecule has 0 heterocycles. The van der Waals surface area contributed by atoms with Crippen LogP contribution in [0.4, 0.5) is 5.69 Å². The maximum absolute atomic E-state index is 12.1. The van der Waals surface area contributed by atoms with Crippen molar-refractivity contribution in [3.63, 3.8) is 0 Å². The summed E-state index contributed by atoms with van der Waals surface area (Å²) in [5.74, 6) is -0.792. The molecule has 1 aliphatic carbocycles. The van der Waals surface area contributed by atoms with Crippen LogP contribution in [0, 0.1) is 12.8 Å². The molecule has 2 rings (SSSR count). The number of anilines is 1. The lowest BCUT2D eigenvalue weighted by Gasteiger charge is -2.20. The van der Waals surface area contributed by atoms with Crippen molar-refractivity contribution < 1.29 is 9.59 Å². The van der Waals surface area contributed by atoms with Gasteiger partial charge in [-0.2, -0.15) is 0 Å². The van der Waals surface area contributed by atoms with Crippen molar-refractivity contribution in [2.75, 3.05) is 5.32 Å². The number of hydrogen-bond acceptors (Lipinski definition) is 2. The summed E-state index contributed by atoms with van der Waals surface area (Å²) in [6.45, 7) is 1.83. The zero-order valence-corrected chi connectivity index (χ0v) is 12.1. The van der Waals surface area contributed by atoms with Crippen molar-refractivity contribution in [3.8, 4) is 0 Å². The number of hydrogen-bond donors (Lipinski definition) is 1. The Kier molecular flexibility index (Phi) is 4.48. The number of carbonyl (C=O) groups is 2. The van der Waals surface area contributed by atoms with E-state index in [1.165, 1.54) is 0 Å². The predicted octanol–water partition coefficient (Wildman–Crippen LogP) is 4.00. The molecule has 0 aliphatic heterocycles. The van der Waals surface area contributed by atoms with Gasteiger partial charge in [-0.3, -0.25) is 9.59 Å². The second-order valence-electron chi connectivity index (χ2n) is 4.84. The van der Waals surface area contributed by atoms with Crippen molar-refractivity contribution in [2.24, 2.45) is 5.92 Å². The van der Waals surface area contributed by atoms with Gasteiger partial charge in [-0.25, -0.2) is 0 Å². The van der Waals surface area contributed by atoms with Gasteiger partial charge in [-0.1, -0.05) is 29.6 Å². The molecule has 1 aromatic carbocycles. The van der Waals surface area contributed by atoms with Gasteiger partial charge in [0.15, 0.2) is 0 Å². The van der Waals surface area contributed by atoms with Gasteiger partial charge in [0.05, 0.1) is 16.6 Å². The first-order valence-corrected chi connectivity index (χ1v) is 7.04. The fourth-order valence-corrected chi connectivity index (χ4v) is 2.66. The van der Waals surface area contributed by atoms with E-state index in [2.05, 4.69) is 5.32 Å². The summed E-state index contributed by atoms with van der Waals surface area (Å²) in [7, 11) is 0. The van der Waals surface area contributed by atoms with Crippen LogP contribution in [0.5, 0.6) is 0 Å². The number of carbonyl (C=O) groups excluding carboxylic acids is 2. The summed E-state index contributed by atoms with van der Waals surface area (Å²) in [5, 5.41) is 3.66. The minimum absolute atomic E-state index is 0.0190. The number of rotatable bonds is 2. The molecule has 1 unspecified atom stereocenters. The second kappa shape index (κ2) is 5.93. The molecule has 1 atom stereocenters. The summed E-state index contributed by atoms with van der Waals surface area (Å²) < 4.78 is 0. The predicted molar refractivity (Wildman–Crippen MR) is 76.8 cm³/mol. The van der Waals surface area contributed by atoms with E-state index in [4.69, 9.17) is 23.2 Å². The second-order valence-corrected chi connectivity index (χ2v) is 5.65. The first-order chi connectivity index (χ1) is 8.99. The van der Waals surface area contributed by atoms with Gasteiger partial charge >= 0.3 is 0 Å². The third kappa shape index (κ3) is 3.28. The number of nitrogens with one attached hydrogen (secondary N) is 1. The molecule has 0 radical (unpaired) electrons. The van der Waals surface area contributed by atoms with Gasteiger partial charge in [0.25, 0.3) is 0 Å². The Morgan fingerprint density at radius 1 is 1.26 bits per heavy atom. The van der Waals surface area contributed by atoms with E-state index in [1.54, 1.807) is 12.1 Å². The molecule has 0 saturated heterocycles. The molecule has 5 heteroatoms. The van der Waals surface area contributed by atoms with Gasteiger partial charge in [0.1, 0.15) is 5.78 Å². The van der Waals surface area contributed by atoms with Crippen LogP contribution in [-0.2, 0) is 9.59 Å². The van der Waals surface area contributed by atoms with Gasteiger partial charge in [0, 0.05) is 11.4 Å². The third-order valence-electron chi connectivity index (χ3n) is 3.38. The standard InChI is InChI=1S/C14H15Cl2NO2/c1-8-6-12(11(16)7-10(8)15)17-14(19)9-4-2-3-5-13(9)18/h6-7,9H,2-5H2,1H3,(H,17,19). The minimum atomic E-state index is -0.541. The monoisotopic (exact) mass is 299 g/mol. The zero-order chi connectivity index (χ0) is 14.0. The molecule has 1 N–H and O–H groups in total. The van der Waals surface area contributed by atoms with Gasteiger partial charge in [-0.15, -0.1) is 0 Å². The highest BCUT2D eigenvalue weighted by Crippen LogP contribution is 2.30.